The summed E-state index contributed by atoms with van der Waals surface area (Å²) in [6.07, 6.45) is 17.1. The van der Waals surface area contributed by atoms with E-state index in [-0.39, 0.29) is 6.10 Å². The Hall–Kier alpha value is -0.130. The third kappa shape index (κ3) is 16.1. The van der Waals surface area contributed by atoms with Gasteiger partial charge in [-0.15, -0.1) is 0 Å². The lowest BCUT2D eigenvalue weighted by atomic mass is 10.0. The van der Waals surface area contributed by atoms with Crippen molar-refractivity contribution >= 4 is 10.1 Å². The molecule has 0 bridgehead atoms. The van der Waals surface area contributed by atoms with E-state index in [2.05, 4.69) is 13.8 Å². The monoisotopic (exact) mass is 392 g/mol. The number of aliphatic hydroxyl groups is 1. The maximum atomic E-state index is 11.4. The molecule has 0 aliphatic carbocycles. The second-order valence-electron chi connectivity index (χ2n) is 7.83. The molecular weight excluding hydrogens is 348 g/mol. The van der Waals surface area contributed by atoms with E-state index in [0.717, 1.165) is 70.6 Å². The SMILES string of the molecule is CCCCCCCC(O)CCCCCCCC(CCCCC)S(=O)(=O)O. The van der Waals surface area contributed by atoms with Gasteiger partial charge in [0.15, 0.2) is 0 Å². The molecule has 0 heterocycles. The largest absolute Gasteiger partial charge is 0.393 e. The van der Waals surface area contributed by atoms with Crippen LogP contribution < -0.4 is 0 Å². The molecule has 4 nitrogen and oxygen atoms in total. The van der Waals surface area contributed by atoms with Crippen LogP contribution in [0.15, 0.2) is 0 Å². The van der Waals surface area contributed by atoms with Crippen LogP contribution in [0.3, 0.4) is 0 Å². The van der Waals surface area contributed by atoms with Crippen molar-refractivity contribution < 1.29 is 18.1 Å². The molecule has 0 aliphatic heterocycles. The van der Waals surface area contributed by atoms with Crippen LogP contribution in [0.5, 0.6) is 0 Å². The molecule has 0 amide bonds. The Bertz CT molecular complexity index is 395. The van der Waals surface area contributed by atoms with Crippen LogP contribution >= 0.6 is 0 Å². The smallest absolute Gasteiger partial charge is 0.267 e. The van der Waals surface area contributed by atoms with Crippen molar-refractivity contribution in [3.8, 4) is 0 Å². The van der Waals surface area contributed by atoms with Crippen molar-refractivity contribution in [3.05, 3.63) is 0 Å². The number of unbranched alkanes of at least 4 members (excludes halogenated alkanes) is 10. The van der Waals surface area contributed by atoms with Crippen LogP contribution in [0.1, 0.15) is 123 Å². The summed E-state index contributed by atoms with van der Waals surface area (Å²) in [6.45, 7) is 4.30. The van der Waals surface area contributed by atoms with Gasteiger partial charge in [0.2, 0.25) is 0 Å². The number of rotatable bonds is 19. The lowest BCUT2D eigenvalue weighted by Gasteiger charge is -2.13. The van der Waals surface area contributed by atoms with Gasteiger partial charge in [0, 0.05) is 0 Å². The summed E-state index contributed by atoms with van der Waals surface area (Å²) in [5.41, 5.74) is 0. The number of hydrogen-bond acceptors (Lipinski definition) is 3. The fraction of sp³-hybridized carbons (Fsp3) is 1.00. The molecule has 158 valence electrons. The summed E-state index contributed by atoms with van der Waals surface area (Å²) < 4.78 is 32.2. The van der Waals surface area contributed by atoms with Crippen LogP contribution in [0.2, 0.25) is 0 Å². The quantitative estimate of drug-likeness (QED) is 0.200. The van der Waals surface area contributed by atoms with Crippen LogP contribution in [-0.2, 0) is 10.1 Å². The Labute approximate surface area is 162 Å². The Morgan fingerprint density at radius 2 is 0.962 bits per heavy atom. The van der Waals surface area contributed by atoms with Gasteiger partial charge in [-0.3, -0.25) is 4.55 Å². The highest BCUT2D eigenvalue weighted by atomic mass is 32.2. The first-order chi connectivity index (χ1) is 12.4. The molecule has 0 radical (unpaired) electrons. The first-order valence-corrected chi connectivity index (χ1v) is 12.6. The molecule has 2 unspecified atom stereocenters. The molecule has 2 N–H and O–H groups in total. The lowest BCUT2D eigenvalue weighted by Crippen LogP contribution is -2.20. The average molecular weight is 393 g/mol. The lowest BCUT2D eigenvalue weighted by molar-refractivity contribution is 0.147. The van der Waals surface area contributed by atoms with E-state index in [4.69, 9.17) is 0 Å². The molecule has 0 aromatic carbocycles. The normalized spacial score (nSPS) is 14.5. The van der Waals surface area contributed by atoms with Gasteiger partial charge >= 0.3 is 0 Å². The number of hydrogen-bond donors (Lipinski definition) is 2. The van der Waals surface area contributed by atoms with E-state index >= 15 is 0 Å². The molecule has 0 saturated heterocycles. The van der Waals surface area contributed by atoms with Gasteiger partial charge in [-0.25, -0.2) is 0 Å². The predicted molar refractivity (Wildman–Crippen MR) is 111 cm³/mol. The maximum Gasteiger partial charge on any atom is 0.267 e. The van der Waals surface area contributed by atoms with Gasteiger partial charge in [-0.05, 0) is 25.7 Å². The van der Waals surface area contributed by atoms with Crippen LogP contribution in [0.4, 0.5) is 0 Å². The summed E-state index contributed by atoms with van der Waals surface area (Å²) in [6, 6.07) is 0. The van der Waals surface area contributed by atoms with Crippen LogP contribution in [-0.4, -0.2) is 29.4 Å². The zero-order valence-corrected chi connectivity index (χ0v) is 18.1. The van der Waals surface area contributed by atoms with Gasteiger partial charge < -0.3 is 5.11 Å². The number of aliphatic hydroxyl groups excluding tert-OH is 1. The minimum absolute atomic E-state index is 0.154. The Kier molecular flexibility index (Phi) is 16.9. The highest BCUT2D eigenvalue weighted by molar-refractivity contribution is 7.86. The zero-order valence-electron chi connectivity index (χ0n) is 17.3. The third-order valence-corrected chi connectivity index (χ3v) is 6.57. The summed E-state index contributed by atoms with van der Waals surface area (Å²) in [4.78, 5) is 0. The molecule has 0 aromatic heterocycles. The molecule has 0 aliphatic rings. The van der Waals surface area contributed by atoms with Gasteiger partial charge in [0.25, 0.3) is 10.1 Å². The first-order valence-electron chi connectivity index (χ1n) is 11.1. The molecule has 0 spiro atoms. The van der Waals surface area contributed by atoms with Crippen molar-refractivity contribution in [2.24, 2.45) is 0 Å². The fourth-order valence-electron chi connectivity index (χ4n) is 3.47. The van der Waals surface area contributed by atoms with E-state index in [9.17, 15) is 18.1 Å². The van der Waals surface area contributed by atoms with Gasteiger partial charge in [0.05, 0.1) is 11.4 Å². The van der Waals surface area contributed by atoms with E-state index in [0.29, 0.717) is 12.8 Å². The molecular formula is C21H44O4S. The van der Waals surface area contributed by atoms with Gasteiger partial charge in [0.1, 0.15) is 0 Å². The second-order valence-corrected chi connectivity index (χ2v) is 9.53. The summed E-state index contributed by atoms with van der Waals surface area (Å²) >= 11 is 0. The van der Waals surface area contributed by atoms with Crippen molar-refractivity contribution in [2.45, 2.75) is 134 Å². The zero-order chi connectivity index (χ0) is 19.7. The maximum absolute atomic E-state index is 11.4. The van der Waals surface area contributed by atoms with Gasteiger partial charge in [-0.1, -0.05) is 97.3 Å². The van der Waals surface area contributed by atoms with Crippen molar-refractivity contribution in [2.75, 3.05) is 0 Å². The second kappa shape index (κ2) is 17.0. The highest BCUT2D eigenvalue weighted by Gasteiger charge is 2.21. The van der Waals surface area contributed by atoms with Crippen molar-refractivity contribution in [3.63, 3.8) is 0 Å². The molecule has 0 rings (SSSR count). The molecule has 0 fully saturated rings. The van der Waals surface area contributed by atoms with E-state index < -0.39 is 15.4 Å². The summed E-state index contributed by atoms with van der Waals surface area (Å²) in [5.74, 6) is 0. The first kappa shape index (κ1) is 25.9. The topological polar surface area (TPSA) is 74.6 Å². The van der Waals surface area contributed by atoms with Crippen molar-refractivity contribution in [1.82, 2.24) is 0 Å². The van der Waals surface area contributed by atoms with Gasteiger partial charge in [-0.2, -0.15) is 8.42 Å². The standard InChI is InChI=1S/C21H44O4S/c1-3-5-7-9-13-16-20(22)17-14-10-8-11-15-19-21(26(23,24)25)18-12-6-4-2/h20-22H,3-19H2,1-2H3,(H,23,24,25). The summed E-state index contributed by atoms with van der Waals surface area (Å²) in [7, 11) is -3.90. The molecule has 5 heteroatoms. The average Bonchev–Trinajstić information content (AvgIpc) is 2.58. The molecule has 2 atom stereocenters. The Balaban J connectivity index is 3.63. The van der Waals surface area contributed by atoms with Crippen molar-refractivity contribution in [1.29, 1.82) is 0 Å². The molecule has 0 saturated carbocycles. The molecule has 0 aromatic rings. The minimum atomic E-state index is -3.90. The predicted octanol–water partition coefficient (Wildman–Crippen LogP) is 6.28. The summed E-state index contributed by atoms with van der Waals surface area (Å²) in [5, 5.41) is 9.40. The fourth-order valence-corrected chi connectivity index (χ4v) is 4.40. The van der Waals surface area contributed by atoms with Crippen LogP contribution in [0, 0.1) is 0 Å². The Morgan fingerprint density at radius 1 is 0.615 bits per heavy atom. The van der Waals surface area contributed by atoms with E-state index in [1.807, 2.05) is 0 Å². The highest BCUT2D eigenvalue weighted by Crippen LogP contribution is 2.19. The van der Waals surface area contributed by atoms with E-state index in [1.165, 1.54) is 25.7 Å². The molecule has 26 heavy (non-hydrogen) atoms. The third-order valence-electron chi connectivity index (χ3n) is 5.26. The van der Waals surface area contributed by atoms with Crippen LogP contribution in [0.25, 0.3) is 0 Å². The minimum Gasteiger partial charge on any atom is -0.393 e. The van der Waals surface area contributed by atoms with E-state index in [1.54, 1.807) is 0 Å². The Morgan fingerprint density at radius 3 is 1.42 bits per heavy atom.